The van der Waals surface area contributed by atoms with Gasteiger partial charge in [-0.2, -0.15) is 10.2 Å². The van der Waals surface area contributed by atoms with Gasteiger partial charge in [0.15, 0.2) is 0 Å². The topological polar surface area (TPSA) is 64.7 Å². The zero-order valence-electron chi connectivity index (χ0n) is 14.2. The van der Waals surface area contributed by atoms with Crippen LogP contribution in [0.5, 0.6) is 0 Å². The van der Waals surface area contributed by atoms with E-state index in [1.165, 1.54) is 11.1 Å². The van der Waals surface area contributed by atoms with E-state index < -0.39 is 0 Å². The van der Waals surface area contributed by atoms with Crippen molar-refractivity contribution in [3.63, 3.8) is 0 Å². The van der Waals surface area contributed by atoms with Gasteiger partial charge in [0.05, 0.1) is 41.6 Å². The van der Waals surface area contributed by atoms with Crippen LogP contribution in [-0.2, 0) is 17.9 Å². The van der Waals surface area contributed by atoms with E-state index in [0.717, 1.165) is 4.47 Å². The molecule has 1 amide bonds. The Labute approximate surface area is 155 Å². The van der Waals surface area contributed by atoms with Gasteiger partial charge in [-0.1, -0.05) is 36.8 Å². The standard InChI is InChI=1S/C18H20BrN5O/c1-13-4-3-5-15(6-13)10-24-12-17(8-21-24)22-18(25)14(2)9-23-11-16(19)7-20-23/h3-8,11-12,14H,9-10H2,1-2H3,(H,22,25). The second-order valence-electron chi connectivity index (χ2n) is 6.19. The van der Waals surface area contributed by atoms with Gasteiger partial charge in [0.25, 0.3) is 0 Å². The van der Waals surface area contributed by atoms with Gasteiger partial charge in [-0.15, -0.1) is 0 Å². The average molecular weight is 402 g/mol. The molecule has 25 heavy (non-hydrogen) atoms. The molecular formula is C18H20BrN5O. The van der Waals surface area contributed by atoms with Crippen molar-refractivity contribution in [3.8, 4) is 0 Å². The van der Waals surface area contributed by atoms with Crippen molar-refractivity contribution in [2.45, 2.75) is 26.9 Å². The second kappa shape index (κ2) is 7.65. The minimum atomic E-state index is -0.202. The highest BCUT2D eigenvalue weighted by Gasteiger charge is 2.15. The van der Waals surface area contributed by atoms with Gasteiger partial charge in [0.2, 0.25) is 5.91 Å². The SMILES string of the molecule is Cc1cccc(Cn2cc(NC(=O)C(C)Cn3cc(Br)cn3)cn2)c1. The number of nitrogens with zero attached hydrogens (tertiary/aromatic N) is 4. The van der Waals surface area contributed by atoms with Gasteiger partial charge in [-0.25, -0.2) is 0 Å². The summed E-state index contributed by atoms with van der Waals surface area (Å²) in [5, 5.41) is 11.4. The van der Waals surface area contributed by atoms with Gasteiger partial charge >= 0.3 is 0 Å². The second-order valence-corrected chi connectivity index (χ2v) is 7.10. The zero-order valence-corrected chi connectivity index (χ0v) is 15.8. The Morgan fingerprint density at radius 2 is 2.04 bits per heavy atom. The van der Waals surface area contributed by atoms with Crippen LogP contribution in [0.3, 0.4) is 0 Å². The number of anilines is 1. The number of hydrogen-bond donors (Lipinski definition) is 1. The van der Waals surface area contributed by atoms with Crippen molar-refractivity contribution in [1.82, 2.24) is 19.6 Å². The molecule has 6 nitrogen and oxygen atoms in total. The molecule has 0 aliphatic carbocycles. The van der Waals surface area contributed by atoms with Gasteiger partial charge in [-0.3, -0.25) is 14.2 Å². The fraction of sp³-hybridized carbons (Fsp3) is 0.278. The normalized spacial score (nSPS) is 12.1. The van der Waals surface area contributed by atoms with E-state index in [0.29, 0.717) is 18.8 Å². The molecule has 1 unspecified atom stereocenters. The summed E-state index contributed by atoms with van der Waals surface area (Å²) >= 11 is 3.35. The van der Waals surface area contributed by atoms with Crippen LogP contribution in [0.1, 0.15) is 18.1 Å². The molecule has 3 rings (SSSR count). The summed E-state index contributed by atoms with van der Waals surface area (Å²) in [7, 11) is 0. The van der Waals surface area contributed by atoms with Gasteiger partial charge < -0.3 is 5.32 Å². The molecule has 7 heteroatoms. The lowest BCUT2D eigenvalue weighted by Gasteiger charge is -2.11. The molecule has 0 radical (unpaired) electrons. The quantitative estimate of drug-likeness (QED) is 0.687. The molecule has 0 saturated carbocycles. The first-order valence-corrected chi connectivity index (χ1v) is 8.86. The summed E-state index contributed by atoms with van der Waals surface area (Å²) in [5.41, 5.74) is 3.10. The van der Waals surface area contributed by atoms with Gasteiger partial charge in [0, 0.05) is 12.4 Å². The predicted molar refractivity (Wildman–Crippen MR) is 100 cm³/mol. The smallest absolute Gasteiger partial charge is 0.229 e. The average Bonchev–Trinajstić information content (AvgIpc) is 3.16. The van der Waals surface area contributed by atoms with E-state index in [-0.39, 0.29) is 11.8 Å². The van der Waals surface area contributed by atoms with Crippen molar-refractivity contribution in [2.75, 3.05) is 5.32 Å². The lowest BCUT2D eigenvalue weighted by Crippen LogP contribution is -2.24. The third-order valence-corrected chi connectivity index (χ3v) is 4.25. The largest absolute Gasteiger partial charge is 0.323 e. The van der Waals surface area contributed by atoms with Crippen molar-refractivity contribution in [1.29, 1.82) is 0 Å². The molecule has 2 heterocycles. The molecule has 130 valence electrons. The van der Waals surface area contributed by atoms with Crippen molar-refractivity contribution >= 4 is 27.5 Å². The van der Waals surface area contributed by atoms with Crippen LogP contribution in [0.25, 0.3) is 0 Å². The Morgan fingerprint density at radius 3 is 2.76 bits per heavy atom. The number of hydrogen-bond acceptors (Lipinski definition) is 3. The van der Waals surface area contributed by atoms with Crippen LogP contribution in [0.4, 0.5) is 5.69 Å². The van der Waals surface area contributed by atoms with E-state index >= 15 is 0 Å². The first-order chi connectivity index (χ1) is 12.0. The van der Waals surface area contributed by atoms with Crippen LogP contribution in [-0.4, -0.2) is 25.5 Å². The first kappa shape index (κ1) is 17.4. The molecule has 1 atom stereocenters. The summed E-state index contributed by atoms with van der Waals surface area (Å²) in [6.45, 7) is 5.14. The van der Waals surface area contributed by atoms with Crippen LogP contribution >= 0.6 is 15.9 Å². The number of rotatable bonds is 6. The Hall–Kier alpha value is -2.41. The minimum absolute atomic E-state index is 0.0540. The third-order valence-electron chi connectivity index (χ3n) is 3.84. The molecule has 1 aromatic carbocycles. The summed E-state index contributed by atoms with van der Waals surface area (Å²) in [6, 6.07) is 8.30. The summed E-state index contributed by atoms with van der Waals surface area (Å²) in [4.78, 5) is 12.3. The molecule has 0 bridgehead atoms. The Morgan fingerprint density at radius 1 is 1.24 bits per heavy atom. The number of nitrogens with one attached hydrogen (secondary N) is 1. The Balaban J connectivity index is 1.57. The van der Waals surface area contributed by atoms with Crippen molar-refractivity contribution in [3.05, 3.63) is 64.7 Å². The minimum Gasteiger partial charge on any atom is -0.323 e. The molecule has 0 aliphatic heterocycles. The highest BCUT2D eigenvalue weighted by molar-refractivity contribution is 9.10. The number of carbonyl (C=O) groups excluding carboxylic acids is 1. The van der Waals surface area contributed by atoms with E-state index in [4.69, 9.17) is 0 Å². The molecule has 0 fully saturated rings. The first-order valence-electron chi connectivity index (χ1n) is 8.06. The summed E-state index contributed by atoms with van der Waals surface area (Å²) < 4.78 is 4.47. The van der Waals surface area contributed by atoms with E-state index in [1.54, 1.807) is 17.1 Å². The lowest BCUT2D eigenvalue weighted by atomic mass is 10.1. The molecule has 2 aromatic heterocycles. The Bertz CT molecular complexity index is 870. The lowest BCUT2D eigenvalue weighted by molar-refractivity contribution is -0.119. The molecule has 0 saturated heterocycles. The summed E-state index contributed by atoms with van der Waals surface area (Å²) in [5.74, 6) is -0.256. The zero-order chi connectivity index (χ0) is 17.8. The fourth-order valence-electron chi connectivity index (χ4n) is 2.58. The van der Waals surface area contributed by atoms with E-state index in [2.05, 4.69) is 56.6 Å². The van der Waals surface area contributed by atoms with Crippen LogP contribution in [0, 0.1) is 12.8 Å². The number of aryl methyl sites for hydroxylation is 1. The Kier molecular flexibility index (Phi) is 5.33. The number of aromatic nitrogens is 4. The summed E-state index contributed by atoms with van der Waals surface area (Å²) in [6.07, 6.45) is 7.08. The van der Waals surface area contributed by atoms with Crippen LogP contribution in [0.15, 0.2) is 53.5 Å². The van der Waals surface area contributed by atoms with Gasteiger partial charge in [0.1, 0.15) is 0 Å². The van der Waals surface area contributed by atoms with Crippen molar-refractivity contribution < 1.29 is 4.79 Å². The molecule has 0 aliphatic rings. The fourth-order valence-corrected chi connectivity index (χ4v) is 2.91. The predicted octanol–water partition coefficient (Wildman–Crippen LogP) is 3.47. The van der Waals surface area contributed by atoms with E-state index in [9.17, 15) is 4.79 Å². The number of benzene rings is 1. The van der Waals surface area contributed by atoms with Crippen LogP contribution in [0.2, 0.25) is 0 Å². The monoisotopic (exact) mass is 401 g/mol. The molecular weight excluding hydrogens is 382 g/mol. The maximum absolute atomic E-state index is 12.3. The highest BCUT2D eigenvalue weighted by atomic mass is 79.9. The highest BCUT2D eigenvalue weighted by Crippen LogP contribution is 2.13. The van der Waals surface area contributed by atoms with Gasteiger partial charge in [-0.05, 0) is 28.4 Å². The third kappa shape index (κ3) is 4.79. The molecule has 1 N–H and O–H groups in total. The molecule has 3 aromatic rings. The maximum atomic E-state index is 12.3. The molecule has 0 spiro atoms. The maximum Gasteiger partial charge on any atom is 0.229 e. The van der Waals surface area contributed by atoms with E-state index in [1.807, 2.05) is 30.1 Å². The number of halogens is 1. The number of amides is 1. The van der Waals surface area contributed by atoms with Crippen molar-refractivity contribution in [2.24, 2.45) is 5.92 Å². The van der Waals surface area contributed by atoms with Crippen LogP contribution < -0.4 is 5.32 Å². The number of carbonyl (C=O) groups is 1.